The standard InChI is InChI=1S/C24H26O10/c1-14(9-15(2)25)3-7-21(29)33-18-11-17(26)12-24(13-18,23(31)32)34-22(30)8-5-16-4-6-19(27)20(28)10-16/h3-10,17-18,25-28H,2,11-13H2,1H3,(H,31,32)/b7-3+,8-5+,14-9+/t17-,18-,24-/m0/s1. The smallest absolute Gasteiger partial charge is 0.348 e. The van der Waals surface area contributed by atoms with Crippen LogP contribution in [0.25, 0.3) is 6.08 Å². The van der Waals surface area contributed by atoms with E-state index < -0.39 is 47.9 Å². The summed E-state index contributed by atoms with van der Waals surface area (Å²) in [7, 11) is 0. The molecule has 10 nitrogen and oxygen atoms in total. The van der Waals surface area contributed by atoms with Crippen LogP contribution in [0.2, 0.25) is 0 Å². The van der Waals surface area contributed by atoms with E-state index in [1.807, 2.05) is 0 Å². The van der Waals surface area contributed by atoms with Gasteiger partial charge >= 0.3 is 17.9 Å². The van der Waals surface area contributed by atoms with Crippen molar-refractivity contribution in [2.75, 3.05) is 0 Å². The van der Waals surface area contributed by atoms with E-state index in [4.69, 9.17) is 14.6 Å². The monoisotopic (exact) mass is 474 g/mol. The van der Waals surface area contributed by atoms with Crippen LogP contribution >= 0.6 is 0 Å². The molecule has 1 aromatic rings. The van der Waals surface area contributed by atoms with Crippen molar-refractivity contribution in [2.45, 2.75) is 44.0 Å². The maximum atomic E-state index is 12.3. The molecule has 0 spiro atoms. The number of aliphatic hydroxyl groups excluding tert-OH is 2. The van der Waals surface area contributed by atoms with Gasteiger partial charge in [0.1, 0.15) is 11.9 Å². The summed E-state index contributed by atoms with van der Waals surface area (Å²) in [5.41, 5.74) is -1.28. The number of benzene rings is 1. The van der Waals surface area contributed by atoms with Crippen LogP contribution in [-0.2, 0) is 23.9 Å². The van der Waals surface area contributed by atoms with Gasteiger partial charge in [-0.3, -0.25) is 0 Å². The molecule has 0 heterocycles. The molecule has 0 unspecified atom stereocenters. The molecule has 0 saturated heterocycles. The van der Waals surface area contributed by atoms with Crippen molar-refractivity contribution >= 4 is 24.0 Å². The van der Waals surface area contributed by atoms with Crippen molar-refractivity contribution in [1.82, 2.24) is 0 Å². The summed E-state index contributed by atoms with van der Waals surface area (Å²) < 4.78 is 10.4. The van der Waals surface area contributed by atoms with Crippen molar-refractivity contribution in [3.05, 3.63) is 66.0 Å². The van der Waals surface area contributed by atoms with E-state index in [1.54, 1.807) is 6.92 Å². The molecule has 1 aliphatic rings. The van der Waals surface area contributed by atoms with E-state index in [-0.39, 0.29) is 24.4 Å². The molecular weight excluding hydrogens is 448 g/mol. The summed E-state index contributed by atoms with van der Waals surface area (Å²) in [5, 5.41) is 47.9. The van der Waals surface area contributed by atoms with E-state index in [0.717, 1.165) is 12.2 Å². The Bertz CT molecular complexity index is 1050. The van der Waals surface area contributed by atoms with Crippen molar-refractivity contribution in [1.29, 1.82) is 0 Å². The molecule has 10 heteroatoms. The highest BCUT2D eigenvalue weighted by Crippen LogP contribution is 2.35. The minimum absolute atomic E-state index is 0.0446. The average molecular weight is 474 g/mol. The average Bonchev–Trinajstić information content (AvgIpc) is 2.72. The number of aliphatic hydroxyl groups is 2. The molecule has 0 bridgehead atoms. The summed E-state index contributed by atoms with van der Waals surface area (Å²) in [6.45, 7) is 4.90. The van der Waals surface area contributed by atoms with Gasteiger partial charge in [0.05, 0.1) is 6.10 Å². The lowest BCUT2D eigenvalue weighted by atomic mass is 9.81. The predicted octanol–water partition coefficient (Wildman–Crippen LogP) is 2.51. The molecule has 2 rings (SSSR count). The summed E-state index contributed by atoms with van der Waals surface area (Å²) in [4.78, 5) is 36.4. The first-order valence-electron chi connectivity index (χ1n) is 10.2. The molecule has 1 aromatic carbocycles. The minimum atomic E-state index is -2.13. The van der Waals surface area contributed by atoms with Crippen LogP contribution in [0, 0.1) is 0 Å². The summed E-state index contributed by atoms with van der Waals surface area (Å²) >= 11 is 0. The fourth-order valence-electron chi connectivity index (χ4n) is 3.44. The van der Waals surface area contributed by atoms with Gasteiger partial charge in [-0.1, -0.05) is 18.7 Å². The first-order valence-corrected chi connectivity index (χ1v) is 10.2. The number of carboxylic acids is 1. The molecule has 182 valence electrons. The largest absolute Gasteiger partial charge is 0.509 e. The third kappa shape index (κ3) is 7.52. The second kappa shape index (κ2) is 11.2. The van der Waals surface area contributed by atoms with Crippen LogP contribution in [0.4, 0.5) is 0 Å². The summed E-state index contributed by atoms with van der Waals surface area (Å²) in [5.74, 6) is -4.30. The fraction of sp³-hybridized carbons (Fsp3) is 0.292. The zero-order chi connectivity index (χ0) is 25.5. The van der Waals surface area contributed by atoms with Crippen LogP contribution in [-0.4, -0.2) is 61.2 Å². The molecule has 3 atom stereocenters. The first kappa shape index (κ1) is 26.2. The Balaban J connectivity index is 2.11. The Morgan fingerprint density at radius 1 is 1.06 bits per heavy atom. The fourth-order valence-corrected chi connectivity index (χ4v) is 3.44. The Kier molecular flexibility index (Phi) is 8.63. The van der Waals surface area contributed by atoms with Gasteiger partial charge in [-0.25, -0.2) is 14.4 Å². The predicted molar refractivity (Wildman–Crippen MR) is 120 cm³/mol. The van der Waals surface area contributed by atoms with Crippen molar-refractivity contribution in [2.24, 2.45) is 0 Å². The Morgan fingerprint density at radius 2 is 1.76 bits per heavy atom. The van der Waals surface area contributed by atoms with E-state index >= 15 is 0 Å². The Labute approximate surface area is 195 Å². The highest BCUT2D eigenvalue weighted by Gasteiger charge is 2.50. The van der Waals surface area contributed by atoms with Crippen molar-refractivity contribution < 1.29 is 49.4 Å². The van der Waals surface area contributed by atoms with E-state index in [1.165, 1.54) is 36.4 Å². The van der Waals surface area contributed by atoms with Crippen LogP contribution in [0.15, 0.2) is 60.4 Å². The SMILES string of the molecule is C=C(O)/C=C(C)/C=C/C(=O)O[C@H]1C[C@H](O)C[C@@](OC(=O)/C=C/c2ccc(O)c(O)c2)(C(=O)O)C1. The number of carbonyl (C=O) groups is 3. The molecule has 0 aliphatic heterocycles. The van der Waals surface area contributed by atoms with Crippen LogP contribution in [0.1, 0.15) is 31.7 Å². The number of hydrogen-bond acceptors (Lipinski definition) is 9. The number of phenols is 2. The first-order chi connectivity index (χ1) is 15.9. The number of ether oxygens (including phenoxy) is 2. The van der Waals surface area contributed by atoms with E-state index in [0.29, 0.717) is 11.1 Å². The molecule has 0 aromatic heterocycles. The minimum Gasteiger partial charge on any atom is -0.509 e. The molecule has 1 saturated carbocycles. The van der Waals surface area contributed by atoms with Gasteiger partial charge < -0.3 is 35.0 Å². The number of rotatable bonds is 8. The third-order valence-corrected chi connectivity index (χ3v) is 4.91. The maximum Gasteiger partial charge on any atom is 0.348 e. The number of hydrogen-bond donors (Lipinski definition) is 5. The van der Waals surface area contributed by atoms with Crippen LogP contribution in [0.3, 0.4) is 0 Å². The molecule has 1 fully saturated rings. The second-order valence-corrected chi connectivity index (χ2v) is 7.87. The number of allylic oxidation sites excluding steroid dienone is 3. The summed E-state index contributed by atoms with van der Waals surface area (Å²) in [6, 6.07) is 3.81. The van der Waals surface area contributed by atoms with E-state index in [2.05, 4.69) is 6.58 Å². The van der Waals surface area contributed by atoms with Crippen molar-refractivity contribution in [3.63, 3.8) is 0 Å². The van der Waals surface area contributed by atoms with E-state index in [9.17, 15) is 34.8 Å². The Hall–Kier alpha value is -4.05. The van der Waals surface area contributed by atoms with Gasteiger partial charge in [0.15, 0.2) is 11.5 Å². The molecular formula is C24H26O10. The van der Waals surface area contributed by atoms with Gasteiger partial charge in [-0.15, -0.1) is 0 Å². The van der Waals surface area contributed by atoms with Crippen LogP contribution in [0.5, 0.6) is 11.5 Å². The van der Waals surface area contributed by atoms with Crippen LogP contribution < -0.4 is 0 Å². The zero-order valence-electron chi connectivity index (χ0n) is 18.4. The van der Waals surface area contributed by atoms with Gasteiger partial charge in [0.25, 0.3) is 0 Å². The van der Waals surface area contributed by atoms with Gasteiger partial charge in [-0.05, 0) is 42.3 Å². The maximum absolute atomic E-state index is 12.3. The molecule has 34 heavy (non-hydrogen) atoms. The number of phenolic OH excluding ortho intramolecular Hbond substituents is 2. The van der Waals surface area contributed by atoms with Gasteiger partial charge in [0.2, 0.25) is 5.60 Å². The molecule has 0 amide bonds. The lowest BCUT2D eigenvalue weighted by Crippen LogP contribution is -2.52. The number of esters is 2. The second-order valence-electron chi connectivity index (χ2n) is 7.87. The lowest BCUT2D eigenvalue weighted by molar-refractivity contribution is -0.192. The quantitative estimate of drug-likeness (QED) is 0.124. The number of carbonyl (C=O) groups excluding carboxylic acids is 2. The third-order valence-electron chi connectivity index (χ3n) is 4.91. The van der Waals surface area contributed by atoms with Gasteiger partial charge in [0, 0.05) is 31.4 Å². The van der Waals surface area contributed by atoms with Gasteiger partial charge in [-0.2, -0.15) is 0 Å². The van der Waals surface area contributed by atoms with Crippen molar-refractivity contribution in [3.8, 4) is 11.5 Å². The number of aromatic hydroxyl groups is 2. The molecule has 5 N–H and O–H groups in total. The highest BCUT2D eigenvalue weighted by atomic mass is 16.6. The summed E-state index contributed by atoms with van der Waals surface area (Å²) in [6.07, 6.45) is 2.86. The Morgan fingerprint density at radius 3 is 2.38 bits per heavy atom. The lowest BCUT2D eigenvalue weighted by Gasteiger charge is -2.38. The molecule has 1 aliphatic carbocycles. The zero-order valence-corrected chi connectivity index (χ0v) is 18.4. The highest BCUT2D eigenvalue weighted by molar-refractivity contribution is 5.90. The molecule has 0 radical (unpaired) electrons. The normalized spacial score (nSPS) is 23.1. The number of carboxylic acid groups (broad SMARTS) is 1. The number of aliphatic carboxylic acids is 1. The topological polar surface area (TPSA) is 171 Å².